The van der Waals surface area contributed by atoms with Crippen molar-refractivity contribution < 1.29 is 13.9 Å². The zero-order valence-corrected chi connectivity index (χ0v) is 15.4. The summed E-state index contributed by atoms with van der Waals surface area (Å²) in [5.74, 6) is -0.380. The van der Waals surface area contributed by atoms with Crippen LogP contribution in [0.4, 0.5) is 10.1 Å². The van der Waals surface area contributed by atoms with E-state index in [0.29, 0.717) is 32.6 Å². The Hall–Kier alpha value is -2.11. The molecule has 1 amide bonds. The second-order valence-corrected chi connectivity index (χ2v) is 6.45. The number of carbonyl (C=O) groups excluding carboxylic acids is 1. The topological polar surface area (TPSA) is 64.3 Å². The Morgan fingerprint density at radius 2 is 1.85 bits per heavy atom. The van der Waals surface area contributed by atoms with E-state index in [0.717, 1.165) is 23.2 Å². The van der Waals surface area contributed by atoms with E-state index < -0.39 is 5.41 Å². The lowest BCUT2D eigenvalue weighted by molar-refractivity contribution is -0.130. The predicted molar refractivity (Wildman–Crippen MR) is 103 cm³/mol. The number of halogens is 2. The second-order valence-electron chi connectivity index (χ2n) is 6.45. The van der Waals surface area contributed by atoms with Crippen LogP contribution in [0.15, 0.2) is 48.5 Å². The average molecular weight is 379 g/mol. The molecule has 1 heterocycles. The number of anilines is 1. The number of nitrogens with one attached hydrogen (secondary N) is 1. The maximum absolute atomic E-state index is 13.7. The Kier molecular flexibility index (Phi) is 7.00. The lowest BCUT2D eigenvalue weighted by Crippen LogP contribution is -2.48. The van der Waals surface area contributed by atoms with Crippen molar-refractivity contribution in [3.63, 3.8) is 0 Å². The van der Waals surface area contributed by atoms with Crippen LogP contribution < -0.4 is 11.1 Å². The summed E-state index contributed by atoms with van der Waals surface area (Å²) in [6.07, 6.45) is 1.84. The number of amides is 1. The largest absolute Gasteiger partial charge is 0.399 e. The van der Waals surface area contributed by atoms with Gasteiger partial charge in [-0.1, -0.05) is 24.3 Å². The highest BCUT2D eigenvalue weighted by atomic mass is 35.5. The fourth-order valence-corrected chi connectivity index (χ4v) is 3.33. The van der Waals surface area contributed by atoms with Crippen molar-refractivity contribution in [2.45, 2.75) is 24.7 Å². The number of carbonyl (C=O) groups is 1. The highest BCUT2D eigenvalue weighted by Gasteiger charge is 2.41. The molecule has 4 nitrogen and oxygen atoms in total. The van der Waals surface area contributed by atoms with Gasteiger partial charge in [0, 0.05) is 25.4 Å². The lowest BCUT2D eigenvalue weighted by atomic mass is 9.73. The Bertz CT molecular complexity index is 731. The van der Waals surface area contributed by atoms with E-state index in [1.54, 1.807) is 6.07 Å². The minimum absolute atomic E-state index is 0. The molecule has 0 bridgehead atoms. The smallest absolute Gasteiger partial charge is 0.230 e. The number of rotatable bonds is 5. The summed E-state index contributed by atoms with van der Waals surface area (Å²) in [5, 5.41) is 3.03. The van der Waals surface area contributed by atoms with Crippen LogP contribution in [0, 0.1) is 5.82 Å². The standard InChI is InChI=1S/C20H23FN2O2.ClH/c21-17-3-1-2-16(14-17)20(9-12-25-13-10-20)19(24)23-11-8-15-4-6-18(22)7-5-15;/h1-7,14H,8-13,22H2,(H,23,24);1H. The van der Waals surface area contributed by atoms with Gasteiger partial charge in [0.25, 0.3) is 0 Å². The molecular weight excluding hydrogens is 355 g/mol. The maximum atomic E-state index is 13.7. The van der Waals surface area contributed by atoms with E-state index in [2.05, 4.69) is 5.32 Å². The van der Waals surface area contributed by atoms with Crippen molar-refractivity contribution in [2.75, 3.05) is 25.5 Å². The zero-order valence-electron chi connectivity index (χ0n) is 14.5. The van der Waals surface area contributed by atoms with Crippen LogP contribution >= 0.6 is 12.4 Å². The van der Waals surface area contributed by atoms with Gasteiger partial charge in [-0.3, -0.25) is 4.79 Å². The molecule has 1 fully saturated rings. The Labute approximate surface area is 159 Å². The van der Waals surface area contributed by atoms with Crippen molar-refractivity contribution >= 4 is 24.0 Å². The molecule has 1 saturated heterocycles. The lowest BCUT2D eigenvalue weighted by Gasteiger charge is -2.36. The third-order valence-electron chi connectivity index (χ3n) is 4.84. The van der Waals surface area contributed by atoms with Gasteiger partial charge in [-0.15, -0.1) is 12.4 Å². The van der Waals surface area contributed by atoms with E-state index >= 15 is 0 Å². The molecule has 0 spiro atoms. The zero-order chi connectivity index (χ0) is 17.7. The quantitative estimate of drug-likeness (QED) is 0.785. The Morgan fingerprint density at radius 3 is 2.50 bits per heavy atom. The second kappa shape index (κ2) is 9.01. The third kappa shape index (κ3) is 4.54. The minimum Gasteiger partial charge on any atom is -0.399 e. The molecule has 26 heavy (non-hydrogen) atoms. The summed E-state index contributed by atoms with van der Waals surface area (Å²) in [6.45, 7) is 1.53. The first kappa shape index (κ1) is 20.2. The van der Waals surface area contributed by atoms with Crippen LogP contribution in [-0.2, 0) is 21.4 Å². The van der Waals surface area contributed by atoms with Crippen molar-refractivity contribution in [3.05, 3.63) is 65.5 Å². The fraction of sp³-hybridized carbons (Fsp3) is 0.350. The molecule has 140 valence electrons. The van der Waals surface area contributed by atoms with Gasteiger partial charge < -0.3 is 15.8 Å². The van der Waals surface area contributed by atoms with Gasteiger partial charge in [0.2, 0.25) is 5.91 Å². The molecule has 0 saturated carbocycles. The first-order valence-corrected chi connectivity index (χ1v) is 8.57. The molecule has 0 aliphatic carbocycles. The van der Waals surface area contributed by atoms with E-state index in [9.17, 15) is 9.18 Å². The molecule has 2 aromatic rings. The molecule has 0 unspecified atom stereocenters. The maximum Gasteiger partial charge on any atom is 0.230 e. The summed E-state index contributed by atoms with van der Waals surface area (Å²) in [6, 6.07) is 14.0. The molecule has 0 atom stereocenters. The third-order valence-corrected chi connectivity index (χ3v) is 4.84. The van der Waals surface area contributed by atoms with Gasteiger partial charge in [-0.2, -0.15) is 0 Å². The number of nitrogens with two attached hydrogens (primary N) is 1. The number of ether oxygens (including phenoxy) is 1. The summed E-state index contributed by atoms with van der Waals surface area (Å²) < 4.78 is 19.1. The highest BCUT2D eigenvalue weighted by molar-refractivity contribution is 5.88. The molecule has 6 heteroatoms. The molecule has 3 rings (SSSR count). The first-order chi connectivity index (χ1) is 12.1. The molecule has 3 N–H and O–H groups in total. The highest BCUT2D eigenvalue weighted by Crippen LogP contribution is 2.35. The molecule has 1 aliphatic rings. The minimum atomic E-state index is -0.721. The summed E-state index contributed by atoms with van der Waals surface area (Å²) >= 11 is 0. The number of benzene rings is 2. The van der Waals surface area contributed by atoms with Crippen LogP contribution in [-0.4, -0.2) is 25.7 Å². The summed E-state index contributed by atoms with van der Waals surface area (Å²) in [4.78, 5) is 13.0. The van der Waals surface area contributed by atoms with Gasteiger partial charge in [-0.25, -0.2) is 4.39 Å². The molecule has 0 aromatic heterocycles. The summed E-state index contributed by atoms with van der Waals surface area (Å²) in [7, 11) is 0. The Morgan fingerprint density at radius 1 is 1.15 bits per heavy atom. The fourth-order valence-electron chi connectivity index (χ4n) is 3.33. The van der Waals surface area contributed by atoms with Gasteiger partial charge in [-0.05, 0) is 54.7 Å². The van der Waals surface area contributed by atoms with Gasteiger partial charge >= 0.3 is 0 Å². The number of nitrogen functional groups attached to an aromatic ring is 1. The van der Waals surface area contributed by atoms with E-state index in [4.69, 9.17) is 10.5 Å². The van der Waals surface area contributed by atoms with Crippen LogP contribution in [0.25, 0.3) is 0 Å². The number of hydrogen-bond donors (Lipinski definition) is 2. The van der Waals surface area contributed by atoms with Crippen molar-refractivity contribution in [3.8, 4) is 0 Å². The van der Waals surface area contributed by atoms with E-state index in [1.165, 1.54) is 12.1 Å². The normalized spacial score (nSPS) is 15.7. The van der Waals surface area contributed by atoms with Crippen LogP contribution in [0.3, 0.4) is 0 Å². The predicted octanol–water partition coefficient (Wildman–Crippen LogP) is 3.24. The Balaban J connectivity index is 0.00000243. The van der Waals surface area contributed by atoms with Gasteiger partial charge in [0.15, 0.2) is 0 Å². The van der Waals surface area contributed by atoms with E-state index in [1.807, 2.05) is 30.3 Å². The average Bonchev–Trinajstić information content (AvgIpc) is 2.64. The van der Waals surface area contributed by atoms with Crippen LogP contribution in [0.2, 0.25) is 0 Å². The van der Waals surface area contributed by atoms with E-state index in [-0.39, 0.29) is 24.1 Å². The molecule has 0 radical (unpaired) electrons. The van der Waals surface area contributed by atoms with Crippen molar-refractivity contribution in [1.82, 2.24) is 5.32 Å². The van der Waals surface area contributed by atoms with Gasteiger partial charge in [0.1, 0.15) is 5.82 Å². The molecule has 1 aliphatic heterocycles. The van der Waals surface area contributed by atoms with Crippen molar-refractivity contribution in [1.29, 1.82) is 0 Å². The number of hydrogen-bond acceptors (Lipinski definition) is 3. The molecular formula is C20H24ClFN2O2. The van der Waals surface area contributed by atoms with Crippen molar-refractivity contribution in [2.24, 2.45) is 0 Å². The SMILES string of the molecule is Cl.Nc1ccc(CCNC(=O)C2(c3cccc(F)c3)CCOCC2)cc1. The monoisotopic (exact) mass is 378 g/mol. The molecule has 2 aromatic carbocycles. The van der Waals surface area contributed by atoms with Crippen LogP contribution in [0.1, 0.15) is 24.0 Å². The first-order valence-electron chi connectivity index (χ1n) is 8.57. The van der Waals surface area contributed by atoms with Gasteiger partial charge in [0.05, 0.1) is 5.41 Å². The summed E-state index contributed by atoms with van der Waals surface area (Å²) in [5.41, 5.74) is 7.52. The van der Waals surface area contributed by atoms with Crippen LogP contribution in [0.5, 0.6) is 0 Å².